The fourth-order valence-electron chi connectivity index (χ4n) is 2.84. The van der Waals surface area contributed by atoms with Gasteiger partial charge in [-0.2, -0.15) is 5.26 Å². The minimum Gasteiger partial charge on any atom is -0.467 e. The van der Waals surface area contributed by atoms with E-state index in [1.165, 1.54) is 12.0 Å². The van der Waals surface area contributed by atoms with E-state index in [0.29, 0.717) is 18.5 Å². The van der Waals surface area contributed by atoms with Crippen molar-refractivity contribution in [2.45, 2.75) is 24.9 Å². The SMILES string of the molecule is COC(=O)[C@@H](NC(=O)CNCC(=O)N1CCC[C@H]1C#N)c1ccccc1. The molecule has 2 rings (SSSR count). The maximum absolute atomic E-state index is 12.1. The zero-order valence-electron chi connectivity index (χ0n) is 14.6. The third-order valence-corrected chi connectivity index (χ3v) is 4.16. The summed E-state index contributed by atoms with van der Waals surface area (Å²) in [6.45, 7) is 0.389. The normalized spacial score (nSPS) is 17.2. The van der Waals surface area contributed by atoms with Crippen molar-refractivity contribution >= 4 is 17.8 Å². The van der Waals surface area contributed by atoms with Crippen LogP contribution in [0.15, 0.2) is 30.3 Å². The van der Waals surface area contributed by atoms with E-state index in [-0.39, 0.29) is 25.0 Å². The molecule has 8 heteroatoms. The molecule has 0 aromatic heterocycles. The quantitative estimate of drug-likeness (QED) is 0.670. The standard InChI is InChI=1S/C18H22N4O4/c1-26-18(25)17(13-6-3-2-4-7-13)21-15(23)11-20-12-16(24)22-9-5-8-14(22)10-19/h2-4,6-7,14,17,20H,5,8-9,11-12H2,1H3,(H,21,23)/t14-,17-/m0/s1. The number of nitrogens with one attached hydrogen (secondary N) is 2. The molecule has 2 atom stereocenters. The third kappa shape index (κ3) is 5.04. The minimum absolute atomic E-state index is 0.0418. The van der Waals surface area contributed by atoms with Crippen LogP contribution in [0, 0.1) is 11.3 Å². The number of hydrogen-bond donors (Lipinski definition) is 2. The van der Waals surface area contributed by atoms with Gasteiger partial charge in [-0.3, -0.25) is 14.9 Å². The Bertz CT molecular complexity index is 686. The average molecular weight is 358 g/mol. The highest BCUT2D eigenvalue weighted by molar-refractivity contribution is 5.87. The highest BCUT2D eigenvalue weighted by atomic mass is 16.5. The lowest BCUT2D eigenvalue weighted by Crippen LogP contribution is -2.44. The molecule has 1 aliphatic rings. The molecule has 2 amide bonds. The van der Waals surface area contributed by atoms with E-state index >= 15 is 0 Å². The number of likely N-dealkylation sites (tertiary alicyclic amines) is 1. The number of nitrogens with zero attached hydrogens (tertiary/aromatic N) is 2. The molecule has 8 nitrogen and oxygen atoms in total. The van der Waals surface area contributed by atoms with Crippen LogP contribution in [-0.2, 0) is 19.1 Å². The van der Waals surface area contributed by atoms with Crippen LogP contribution in [0.4, 0.5) is 0 Å². The maximum atomic E-state index is 12.1. The second-order valence-corrected chi connectivity index (χ2v) is 5.91. The van der Waals surface area contributed by atoms with E-state index < -0.39 is 17.9 Å². The van der Waals surface area contributed by atoms with Gasteiger partial charge in [-0.05, 0) is 18.4 Å². The third-order valence-electron chi connectivity index (χ3n) is 4.16. The maximum Gasteiger partial charge on any atom is 0.333 e. The van der Waals surface area contributed by atoms with Gasteiger partial charge in [0.05, 0.1) is 26.3 Å². The molecule has 0 saturated carbocycles. The van der Waals surface area contributed by atoms with Crippen molar-refractivity contribution in [2.75, 3.05) is 26.7 Å². The highest BCUT2D eigenvalue weighted by Crippen LogP contribution is 2.16. The smallest absolute Gasteiger partial charge is 0.333 e. The minimum atomic E-state index is -0.909. The summed E-state index contributed by atoms with van der Waals surface area (Å²) in [6, 6.07) is 9.56. The second-order valence-electron chi connectivity index (χ2n) is 5.91. The predicted molar refractivity (Wildman–Crippen MR) is 92.6 cm³/mol. The van der Waals surface area contributed by atoms with Gasteiger partial charge < -0.3 is 15.0 Å². The van der Waals surface area contributed by atoms with Gasteiger partial charge in [0.15, 0.2) is 6.04 Å². The molecular weight excluding hydrogens is 336 g/mol. The fraction of sp³-hybridized carbons (Fsp3) is 0.444. The van der Waals surface area contributed by atoms with Gasteiger partial charge in [0.25, 0.3) is 0 Å². The lowest BCUT2D eigenvalue weighted by molar-refractivity contribution is -0.145. The largest absolute Gasteiger partial charge is 0.467 e. The Kier molecular flexibility index (Phi) is 7.12. The Morgan fingerprint density at radius 1 is 1.31 bits per heavy atom. The van der Waals surface area contributed by atoms with Crippen molar-refractivity contribution in [2.24, 2.45) is 0 Å². The van der Waals surface area contributed by atoms with Gasteiger partial charge in [0, 0.05) is 6.54 Å². The summed E-state index contributed by atoms with van der Waals surface area (Å²) in [4.78, 5) is 37.7. The molecule has 0 aliphatic carbocycles. The van der Waals surface area contributed by atoms with Crippen molar-refractivity contribution < 1.29 is 19.1 Å². The Balaban J connectivity index is 1.84. The molecule has 1 fully saturated rings. The zero-order valence-corrected chi connectivity index (χ0v) is 14.6. The first-order valence-electron chi connectivity index (χ1n) is 8.38. The van der Waals surface area contributed by atoms with Crippen LogP contribution in [0.5, 0.6) is 0 Å². The number of methoxy groups -OCH3 is 1. The Morgan fingerprint density at radius 3 is 2.69 bits per heavy atom. The van der Waals surface area contributed by atoms with Crippen LogP contribution in [0.3, 0.4) is 0 Å². The molecule has 1 heterocycles. The van der Waals surface area contributed by atoms with Gasteiger partial charge in [0.1, 0.15) is 6.04 Å². The average Bonchev–Trinajstić information content (AvgIpc) is 3.15. The van der Waals surface area contributed by atoms with E-state index in [1.54, 1.807) is 30.3 Å². The van der Waals surface area contributed by atoms with Crippen molar-refractivity contribution in [1.29, 1.82) is 5.26 Å². The number of benzene rings is 1. The number of carbonyl (C=O) groups is 3. The highest BCUT2D eigenvalue weighted by Gasteiger charge is 2.28. The summed E-state index contributed by atoms with van der Waals surface area (Å²) >= 11 is 0. The van der Waals surface area contributed by atoms with Crippen LogP contribution >= 0.6 is 0 Å². The lowest BCUT2D eigenvalue weighted by Gasteiger charge is -2.20. The van der Waals surface area contributed by atoms with Crippen molar-refractivity contribution in [3.63, 3.8) is 0 Å². The summed E-state index contributed by atoms with van der Waals surface area (Å²) in [5.41, 5.74) is 0.609. The van der Waals surface area contributed by atoms with Gasteiger partial charge in [-0.1, -0.05) is 30.3 Å². The van der Waals surface area contributed by atoms with Gasteiger partial charge in [-0.15, -0.1) is 0 Å². The summed E-state index contributed by atoms with van der Waals surface area (Å²) in [5.74, 6) is -1.22. The van der Waals surface area contributed by atoms with E-state index in [0.717, 1.165) is 6.42 Å². The van der Waals surface area contributed by atoms with Gasteiger partial charge >= 0.3 is 5.97 Å². The molecule has 2 N–H and O–H groups in total. The first kappa shape index (κ1) is 19.4. The fourth-order valence-corrected chi connectivity index (χ4v) is 2.84. The molecule has 0 spiro atoms. The van der Waals surface area contributed by atoms with E-state index in [4.69, 9.17) is 10.00 Å². The van der Waals surface area contributed by atoms with Crippen molar-refractivity contribution in [3.05, 3.63) is 35.9 Å². The van der Waals surface area contributed by atoms with E-state index in [9.17, 15) is 14.4 Å². The molecule has 0 radical (unpaired) electrons. The number of nitriles is 1. The first-order valence-corrected chi connectivity index (χ1v) is 8.38. The Hall–Kier alpha value is -2.92. The van der Waals surface area contributed by atoms with Crippen LogP contribution < -0.4 is 10.6 Å². The van der Waals surface area contributed by atoms with Gasteiger partial charge in [0.2, 0.25) is 11.8 Å². The van der Waals surface area contributed by atoms with Gasteiger partial charge in [-0.25, -0.2) is 4.79 Å². The molecule has 26 heavy (non-hydrogen) atoms. The second kappa shape index (κ2) is 9.53. The number of esters is 1. The molecule has 0 bridgehead atoms. The van der Waals surface area contributed by atoms with Crippen molar-refractivity contribution in [3.8, 4) is 6.07 Å². The van der Waals surface area contributed by atoms with Crippen LogP contribution in [0.2, 0.25) is 0 Å². The molecule has 0 unspecified atom stereocenters. The number of hydrogen-bond acceptors (Lipinski definition) is 6. The predicted octanol–water partition coefficient (Wildman–Crippen LogP) is 0.121. The number of rotatable bonds is 7. The summed E-state index contributed by atoms with van der Waals surface area (Å²) < 4.78 is 4.74. The first-order chi connectivity index (χ1) is 12.6. The van der Waals surface area contributed by atoms with E-state index in [2.05, 4.69) is 16.7 Å². The molecule has 1 aromatic rings. The number of amides is 2. The summed E-state index contributed by atoms with van der Waals surface area (Å²) in [6.07, 6.45) is 1.49. The molecule has 1 saturated heterocycles. The Labute approximate surface area is 152 Å². The van der Waals surface area contributed by atoms with Crippen LogP contribution in [0.1, 0.15) is 24.4 Å². The zero-order chi connectivity index (χ0) is 18.9. The summed E-state index contributed by atoms with van der Waals surface area (Å²) in [7, 11) is 1.25. The molecule has 1 aromatic carbocycles. The number of ether oxygens (including phenoxy) is 1. The van der Waals surface area contributed by atoms with Crippen molar-refractivity contribution in [1.82, 2.24) is 15.5 Å². The van der Waals surface area contributed by atoms with E-state index in [1.807, 2.05) is 0 Å². The molecule has 138 valence electrons. The monoisotopic (exact) mass is 358 g/mol. The molecule has 1 aliphatic heterocycles. The summed E-state index contributed by atoms with van der Waals surface area (Å²) in [5, 5.41) is 14.4. The molecular formula is C18H22N4O4. The Morgan fingerprint density at radius 2 is 2.04 bits per heavy atom. The van der Waals surface area contributed by atoms with Crippen LogP contribution in [0.25, 0.3) is 0 Å². The lowest BCUT2D eigenvalue weighted by atomic mass is 10.1. The van der Waals surface area contributed by atoms with Crippen LogP contribution in [-0.4, -0.2) is 55.5 Å². The number of carbonyl (C=O) groups excluding carboxylic acids is 3. The topological polar surface area (TPSA) is 112 Å².